The fraction of sp³-hybridized carbons (Fsp3) is 0.250. The number of methoxy groups -OCH3 is 1. The molecule has 4 heterocycles. The molecule has 174 valence electrons. The number of nitrogens with one attached hydrogen (secondary N) is 2. The number of rotatable bonds is 6. The summed E-state index contributed by atoms with van der Waals surface area (Å²) in [4.78, 5) is 23.0. The summed E-state index contributed by atoms with van der Waals surface area (Å²) in [6.07, 6.45) is 4.79. The average Bonchev–Trinajstić information content (AvgIpc) is 3.41. The van der Waals surface area contributed by atoms with Gasteiger partial charge in [-0.3, -0.25) is 19.8 Å². The zero-order valence-corrected chi connectivity index (χ0v) is 18.4. The molecule has 10 heteroatoms. The number of carbonyl (C=O) groups excluding carboxylic acids is 1. The molecule has 0 spiro atoms. The number of likely N-dealkylation sites (tertiary alicyclic amines) is 1. The number of hydrogen-bond acceptors (Lipinski definition) is 6. The van der Waals surface area contributed by atoms with E-state index in [-0.39, 0.29) is 24.6 Å². The Balaban J connectivity index is 1.38. The number of anilines is 1. The van der Waals surface area contributed by atoms with E-state index < -0.39 is 5.92 Å². The lowest BCUT2D eigenvalue weighted by Crippen LogP contribution is -2.24. The molecule has 1 aliphatic heterocycles. The Bertz CT molecular complexity index is 1340. The molecule has 1 fully saturated rings. The molecule has 1 amide bonds. The van der Waals surface area contributed by atoms with E-state index in [1.54, 1.807) is 29.4 Å². The van der Waals surface area contributed by atoms with Gasteiger partial charge in [-0.25, -0.2) is 13.8 Å². The van der Waals surface area contributed by atoms with Crippen LogP contribution in [0.4, 0.5) is 14.5 Å². The number of H-pyrrole nitrogens is 1. The lowest BCUT2D eigenvalue weighted by molar-refractivity contribution is 0.0115. The van der Waals surface area contributed by atoms with E-state index in [1.807, 2.05) is 24.3 Å². The smallest absolute Gasteiger partial charge is 0.276 e. The maximum absolute atomic E-state index is 13.5. The van der Waals surface area contributed by atoms with Crippen LogP contribution in [0, 0.1) is 0 Å². The minimum Gasteiger partial charge on any atom is -0.481 e. The van der Waals surface area contributed by atoms with Crippen LogP contribution in [-0.4, -0.2) is 57.1 Å². The van der Waals surface area contributed by atoms with E-state index in [0.717, 1.165) is 16.7 Å². The number of ether oxygens (including phenoxy) is 1. The fourth-order valence-electron chi connectivity index (χ4n) is 4.06. The molecule has 3 aromatic heterocycles. The number of pyridine rings is 2. The normalized spacial score (nSPS) is 15.5. The number of benzene rings is 1. The van der Waals surface area contributed by atoms with E-state index in [1.165, 1.54) is 13.3 Å². The van der Waals surface area contributed by atoms with Crippen molar-refractivity contribution in [3.8, 4) is 17.0 Å². The highest BCUT2D eigenvalue weighted by molar-refractivity contribution is 6.11. The van der Waals surface area contributed by atoms with Gasteiger partial charge in [-0.1, -0.05) is 6.07 Å². The summed E-state index contributed by atoms with van der Waals surface area (Å²) >= 11 is 0. The predicted octanol–water partition coefficient (Wildman–Crippen LogP) is 4.12. The molecule has 0 radical (unpaired) electrons. The van der Waals surface area contributed by atoms with Crippen molar-refractivity contribution in [1.82, 2.24) is 25.1 Å². The number of aromatic nitrogens is 4. The maximum Gasteiger partial charge on any atom is 0.276 e. The number of alkyl halides is 2. The van der Waals surface area contributed by atoms with Crippen molar-refractivity contribution in [2.24, 2.45) is 0 Å². The zero-order chi connectivity index (χ0) is 23.7. The summed E-state index contributed by atoms with van der Waals surface area (Å²) in [5.74, 6) is -2.56. The summed E-state index contributed by atoms with van der Waals surface area (Å²) in [5, 5.41) is 10.5. The lowest BCUT2D eigenvalue weighted by atomic mass is 10.0. The van der Waals surface area contributed by atoms with Gasteiger partial charge in [0.25, 0.3) is 11.8 Å². The van der Waals surface area contributed by atoms with Crippen molar-refractivity contribution in [3.63, 3.8) is 0 Å². The molecule has 1 saturated heterocycles. The SMILES string of the molecule is COc1ccc(NC(=O)c2n[nH]c3ccc(-c4cncc(CN5CCC(F)(F)C5)c4)cc23)cn1. The second-order valence-electron chi connectivity index (χ2n) is 8.27. The number of hydrogen-bond donors (Lipinski definition) is 2. The van der Waals surface area contributed by atoms with Crippen molar-refractivity contribution in [2.75, 3.05) is 25.5 Å². The van der Waals surface area contributed by atoms with Crippen LogP contribution >= 0.6 is 0 Å². The first kappa shape index (κ1) is 21.9. The second kappa shape index (κ2) is 8.79. The third-order valence-corrected chi connectivity index (χ3v) is 5.76. The molecule has 8 nitrogen and oxygen atoms in total. The quantitative estimate of drug-likeness (QED) is 0.446. The van der Waals surface area contributed by atoms with Crippen LogP contribution in [0.1, 0.15) is 22.5 Å². The van der Waals surface area contributed by atoms with Gasteiger partial charge in [-0.15, -0.1) is 0 Å². The first-order chi connectivity index (χ1) is 16.4. The number of nitrogens with zero attached hydrogens (tertiary/aromatic N) is 4. The molecule has 34 heavy (non-hydrogen) atoms. The summed E-state index contributed by atoms with van der Waals surface area (Å²) in [6.45, 7) is 0.536. The van der Waals surface area contributed by atoms with Crippen LogP contribution in [0.15, 0.2) is 55.0 Å². The van der Waals surface area contributed by atoms with Gasteiger partial charge < -0.3 is 10.1 Å². The molecular weight excluding hydrogens is 442 g/mol. The Kier molecular flexibility index (Phi) is 5.66. The zero-order valence-electron chi connectivity index (χ0n) is 18.4. The van der Waals surface area contributed by atoms with Gasteiger partial charge in [-0.05, 0) is 35.4 Å². The monoisotopic (exact) mass is 464 g/mol. The van der Waals surface area contributed by atoms with Crippen molar-refractivity contribution in [3.05, 3.63) is 66.2 Å². The largest absolute Gasteiger partial charge is 0.481 e. The number of halogens is 2. The summed E-state index contributed by atoms with van der Waals surface area (Å²) in [6, 6.07) is 10.9. The summed E-state index contributed by atoms with van der Waals surface area (Å²) in [5.41, 5.74) is 4.00. The molecular formula is C24H22F2N6O2. The van der Waals surface area contributed by atoms with Gasteiger partial charge in [0.15, 0.2) is 5.69 Å². The van der Waals surface area contributed by atoms with Gasteiger partial charge in [0.1, 0.15) is 0 Å². The standard InChI is InChI=1S/C24H22F2N6O2/c1-34-21-5-3-18(12-28-21)29-23(33)22-19-9-16(2-4-20(19)30-31-22)17-8-15(10-27-11-17)13-32-7-6-24(25,26)14-32/h2-5,8-12H,6-7,13-14H2,1H3,(H,29,33)(H,30,31). The third-order valence-electron chi connectivity index (χ3n) is 5.76. The van der Waals surface area contributed by atoms with E-state index in [0.29, 0.717) is 35.6 Å². The van der Waals surface area contributed by atoms with Crippen LogP contribution in [0.5, 0.6) is 5.88 Å². The molecule has 0 unspecified atom stereocenters. The van der Waals surface area contributed by atoms with Crippen LogP contribution in [-0.2, 0) is 6.54 Å². The van der Waals surface area contributed by atoms with E-state index in [2.05, 4.69) is 25.5 Å². The Morgan fingerprint density at radius 2 is 2.06 bits per heavy atom. The minimum atomic E-state index is -2.63. The van der Waals surface area contributed by atoms with E-state index in [9.17, 15) is 13.6 Å². The Morgan fingerprint density at radius 1 is 1.18 bits per heavy atom. The lowest BCUT2D eigenvalue weighted by Gasteiger charge is -2.15. The molecule has 2 N–H and O–H groups in total. The Hall–Kier alpha value is -3.92. The van der Waals surface area contributed by atoms with Crippen molar-refractivity contribution < 1.29 is 18.3 Å². The highest BCUT2D eigenvalue weighted by atomic mass is 19.3. The third kappa shape index (κ3) is 4.58. The van der Waals surface area contributed by atoms with Crippen LogP contribution in [0.3, 0.4) is 0 Å². The number of aromatic amines is 1. The molecule has 0 atom stereocenters. The van der Waals surface area contributed by atoms with Gasteiger partial charge in [0.05, 0.1) is 31.1 Å². The minimum absolute atomic E-state index is 0.116. The number of fused-ring (bicyclic) bond motifs is 1. The van der Waals surface area contributed by atoms with Crippen molar-refractivity contribution in [1.29, 1.82) is 0 Å². The molecule has 1 aromatic carbocycles. The maximum atomic E-state index is 13.5. The van der Waals surface area contributed by atoms with Crippen molar-refractivity contribution >= 4 is 22.5 Å². The topological polar surface area (TPSA) is 96.0 Å². The van der Waals surface area contributed by atoms with Crippen LogP contribution in [0.2, 0.25) is 0 Å². The molecule has 1 aliphatic rings. The van der Waals surface area contributed by atoms with Crippen LogP contribution < -0.4 is 10.1 Å². The molecule has 0 aliphatic carbocycles. The number of amides is 1. The molecule has 0 saturated carbocycles. The van der Waals surface area contributed by atoms with Gasteiger partial charge >= 0.3 is 0 Å². The highest BCUT2D eigenvalue weighted by Gasteiger charge is 2.37. The fourth-order valence-corrected chi connectivity index (χ4v) is 4.06. The molecule has 5 rings (SSSR count). The molecule has 0 bridgehead atoms. The Labute approximate surface area is 194 Å². The first-order valence-electron chi connectivity index (χ1n) is 10.7. The highest BCUT2D eigenvalue weighted by Crippen LogP contribution is 2.29. The Morgan fingerprint density at radius 3 is 2.79 bits per heavy atom. The predicted molar refractivity (Wildman–Crippen MR) is 123 cm³/mol. The van der Waals surface area contributed by atoms with Crippen LogP contribution in [0.25, 0.3) is 22.0 Å². The summed E-state index contributed by atoms with van der Waals surface area (Å²) in [7, 11) is 1.52. The van der Waals surface area contributed by atoms with E-state index in [4.69, 9.17) is 4.74 Å². The second-order valence-corrected chi connectivity index (χ2v) is 8.27. The van der Waals surface area contributed by atoms with Gasteiger partial charge in [0, 0.05) is 48.9 Å². The van der Waals surface area contributed by atoms with Gasteiger partial charge in [-0.2, -0.15) is 5.10 Å². The van der Waals surface area contributed by atoms with Crippen molar-refractivity contribution in [2.45, 2.75) is 18.9 Å². The summed E-state index contributed by atoms with van der Waals surface area (Å²) < 4.78 is 32.1. The van der Waals surface area contributed by atoms with E-state index >= 15 is 0 Å². The molecule has 4 aromatic rings. The first-order valence-corrected chi connectivity index (χ1v) is 10.7. The number of carbonyl (C=O) groups is 1. The van der Waals surface area contributed by atoms with Gasteiger partial charge in [0.2, 0.25) is 5.88 Å². The average molecular weight is 464 g/mol.